The molecule has 0 aliphatic rings. The van der Waals surface area contributed by atoms with E-state index >= 15 is 0 Å². The fraction of sp³-hybridized carbons (Fsp3) is 0.240. The van der Waals surface area contributed by atoms with Crippen molar-refractivity contribution >= 4 is 22.9 Å². The Labute approximate surface area is 194 Å². The molecular formula is C25H23F2N3O4. The highest BCUT2D eigenvalue weighted by molar-refractivity contribution is 6.06. The summed E-state index contributed by atoms with van der Waals surface area (Å²) in [5.74, 6) is -1.22. The van der Waals surface area contributed by atoms with Crippen molar-refractivity contribution in [2.45, 2.75) is 25.7 Å². The number of methoxy groups -OCH3 is 1. The molecule has 0 saturated carbocycles. The minimum absolute atomic E-state index is 0.0146. The van der Waals surface area contributed by atoms with Crippen molar-refractivity contribution in [3.63, 3.8) is 0 Å². The zero-order chi connectivity index (χ0) is 24.1. The lowest BCUT2D eigenvalue weighted by molar-refractivity contribution is -0.137. The SMILES string of the molecule is COc1ccc(-c2c(-c3c(F)cccc3F)oc3ncnc(NCCCCCC(=O)O)c23)cc1. The number of carboxylic acids is 1. The first kappa shape index (κ1) is 23.2. The summed E-state index contributed by atoms with van der Waals surface area (Å²) in [7, 11) is 1.55. The molecule has 0 atom stereocenters. The average molecular weight is 467 g/mol. The smallest absolute Gasteiger partial charge is 0.303 e. The molecule has 4 rings (SSSR count). The van der Waals surface area contributed by atoms with Crippen LogP contribution in [-0.2, 0) is 4.79 Å². The molecule has 0 unspecified atom stereocenters. The molecule has 2 aromatic carbocycles. The molecule has 2 aromatic heterocycles. The molecule has 0 aliphatic carbocycles. The van der Waals surface area contributed by atoms with Gasteiger partial charge in [-0.1, -0.05) is 24.6 Å². The zero-order valence-corrected chi connectivity index (χ0v) is 18.5. The number of carbonyl (C=O) groups is 1. The van der Waals surface area contributed by atoms with E-state index in [1.807, 2.05) is 0 Å². The first-order valence-electron chi connectivity index (χ1n) is 10.8. The Morgan fingerprint density at radius 3 is 2.44 bits per heavy atom. The molecule has 0 radical (unpaired) electrons. The van der Waals surface area contributed by atoms with Crippen LogP contribution in [0.4, 0.5) is 14.6 Å². The normalized spacial score (nSPS) is 11.0. The number of furan rings is 1. The number of aliphatic carboxylic acids is 1. The summed E-state index contributed by atoms with van der Waals surface area (Å²) in [4.78, 5) is 19.2. The van der Waals surface area contributed by atoms with Gasteiger partial charge in [-0.05, 0) is 42.7 Å². The quantitative estimate of drug-likeness (QED) is 0.280. The van der Waals surface area contributed by atoms with Gasteiger partial charge in [-0.25, -0.2) is 18.7 Å². The second kappa shape index (κ2) is 10.3. The largest absolute Gasteiger partial charge is 0.497 e. The summed E-state index contributed by atoms with van der Waals surface area (Å²) in [6, 6.07) is 10.7. The highest BCUT2D eigenvalue weighted by atomic mass is 19.1. The molecule has 4 aromatic rings. The number of anilines is 1. The molecule has 34 heavy (non-hydrogen) atoms. The molecular weight excluding hydrogens is 444 g/mol. The van der Waals surface area contributed by atoms with Crippen molar-refractivity contribution in [2.24, 2.45) is 0 Å². The lowest BCUT2D eigenvalue weighted by atomic mass is 9.98. The van der Waals surface area contributed by atoms with Crippen LogP contribution < -0.4 is 10.1 Å². The molecule has 2 heterocycles. The third-order valence-electron chi connectivity index (χ3n) is 5.42. The second-order valence-electron chi connectivity index (χ2n) is 7.66. The number of hydrogen-bond acceptors (Lipinski definition) is 6. The van der Waals surface area contributed by atoms with Gasteiger partial charge in [-0.15, -0.1) is 0 Å². The number of rotatable bonds is 10. The summed E-state index contributed by atoms with van der Waals surface area (Å²) in [5, 5.41) is 12.5. The average Bonchev–Trinajstić information content (AvgIpc) is 3.21. The number of aromatic nitrogens is 2. The molecule has 0 aliphatic heterocycles. The number of carboxylic acid groups (broad SMARTS) is 1. The number of ether oxygens (including phenoxy) is 1. The van der Waals surface area contributed by atoms with Gasteiger partial charge in [0.15, 0.2) is 5.76 Å². The summed E-state index contributed by atoms with van der Waals surface area (Å²) in [5.41, 5.74) is 1.00. The number of nitrogens with one attached hydrogen (secondary N) is 1. The Kier molecular flexibility index (Phi) is 7.01. The molecule has 2 N–H and O–H groups in total. The van der Waals surface area contributed by atoms with Gasteiger partial charge in [0.05, 0.1) is 18.1 Å². The summed E-state index contributed by atoms with van der Waals surface area (Å²) in [6.07, 6.45) is 3.48. The predicted molar refractivity (Wildman–Crippen MR) is 124 cm³/mol. The van der Waals surface area contributed by atoms with E-state index in [0.29, 0.717) is 41.0 Å². The minimum Gasteiger partial charge on any atom is -0.497 e. The fourth-order valence-corrected chi connectivity index (χ4v) is 3.78. The van der Waals surface area contributed by atoms with Crippen molar-refractivity contribution in [1.82, 2.24) is 9.97 Å². The van der Waals surface area contributed by atoms with Crippen LogP contribution in [-0.4, -0.2) is 34.7 Å². The van der Waals surface area contributed by atoms with E-state index in [2.05, 4.69) is 15.3 Å². The van der Waals surface area contributed by atoms with Crippen molar-refractivity contribution in [2.75, 3.05) is 19.0 Å². The topological polar surface area (TPSA) is 97.5 Å². The van der Waals surface area contributed by atoms with Crippen molar-refractivity contribution < 1.29 is 27.8 Å². The second-order valence-corrected chi connectivity index (χ2v) is 7.66. The summed E-state index contributed by atoms with van der Waals surface area (Å²) >= 11 is 0. The summed E-state index contributed by atoms with van der Waals surface area (Å²) in [6.45, 7) is 0.530. The Bertz CT molecular complexity index is 1290. The van der Waals surface area contributed by atoms with Gasteiger partial charge in [0.1, 0.15) is 29.5 Å². The van der Waals surface area contributed by atoms with Gasteiger partial charge in [0, 0.05) is 18.5 Å². The van der Waals surface area contributed by atoms with E-state index in [1.54, 1.807) is 31.4 Å². The molecule has 0 fully saturated rings. The first-order valence-corrected chi connectivity index (χ1v) is 10.8. The Hall–Kier alpha value is -4.01. The molecule has 0 amide bonds. The van der Waals surface area contributed by atoms with E-state index < -0.39 is 17.6 Å². The van der Waals surface area contributed by atoms with E-state index in [1.165, 1.54) is 24.5 Å². The van der Waals surface area contributed by atoms with Crippen LogP contribution in [0.1, 0.15) is 25.7 Å². The lowest BCUT2D eigenvalue weighted by Crippen LogP contribution is -2.05. The van der Waals surface area contributed by atoms with Crippen molar-refractivity contribution in [1.29, 1.82) is 0 Å². The number of nitrogens with zero attached hydrogens (tertiary/aromatic N) is 2. The van der Waals surface area contributed by atoms with Gasteiger partial charge in [0.25, 0.3) is 0 Å². The van der Waals surface area contributed by atoms with Crippen molar-refractivity contribution in [3.05, 3.63) is 60.4 Å². The number of hydrogen-bond donors (Lipinski definition) is 2. The van der Waals surface area contributed by atoms with Crippen LogP contribution in [0.3, 0.4) is 0 Å². The van der Waals surface area contributed by atoms with E-state index in [-0.39, 0.29) is 23.5 Å². The maximum absolute atomic E-state index is 14.7. The number of benzene rings is 2. The van der Waals surface area contributed by atoms with Gasteiger partial charge < -0.3 is 19.6 Å². The standard InChI is InChI=1S/C25H23F2N3O4/c1-33-16-11-9-15(10-12-16)20-22-24(28-13-4-2-3-8-19(31)32)29-14-30-25(22)34-23(20)21-17(26)6-5-7-18(21)27/h5-7,9-12,14H,2-4,8,13H2,1H3,(H,31,32)(H,28,29,30). The fourth-order valence-electron chi connectivity index (χ4n) is 3.78. The van der Waals surface area contributed by atoms with Crippen LogP contribution in [0.5, 0.6) is 5.75 Å². The van der Waals surface area contributed by atoms with Crippen LogP contribution in [0.25, 0.3) is 33.6 Å². The maximum Gasteiger partial charge on any atom is 0.303 e. The van der Waals surface area contributed by atoms with E-state index in [0.717, 1.165) is 12.8 Å². The van der Waals surface area contributed by atoms with Gasteiger partial charge in [-0.3, -0.25) is 4.79 Å². The zero-order valence-electron chi connectivity index (χ0n) is 18.5. The number of unbranched alkanes of at least 4 members (excludes halogenated alkanes) is 2. The Balaban J connectivity index is 1.78. The summed E-state index contributed by atoms with van der Waals surface area (Å²) < 4.78 is 40.6. The molecule has 0 bridgehead atoms. The number of fused-ring (bicyclic) bond motifs is 1. The first-order chi connectivity index (χ1) is 16.5. The van der Waals surface area contributed by atoms with Gasteiger partial charge in [-0.2, -0.15) is 0 Å². The molecule has 7 nitrogen and oxygen atoms in total. The highest BCUT2D eigenvalue weighted by Crippen LogP contribution is 2.44. The Morgan fingerprint density at radius 2 is 1.76 bits per heavy atom. The van der Waals surface area contributed by atoms with E-state index in [9.17, 15) is 13.6 Å². The lowest BCUT2D eigenvalue weighted by Gasteiger charge is -2.09. The predicted octanol–water partition coefficient (Wildman–Crippen LogP) is 5.90. The third kappa shape index (κ3) is 4.83. The molecule has 0 spiro atoms. The molecule has 176 valence electrons. The van der Waals surface area contributed by atoms with Crippen LogP contribution >= 0.6 is 0 Å². The van der Waals surface area contributed by atoms with E-state index in [4.69, 9.17) is 14.3 Å². The third-order valence-corrected chi connectivity index (χ3v) is 5.42. The van der Waals surface area contributed by atoms with Crippen LogP contribution in [0.2, 0.25) is 0 Å². The minimum atomic E-state index is -0.819. The molecule has 9 heteroatoms. The maximum atomic E-state index is 14.7. The van der Waals surface area contributed by atoms with Crippen LogP contribution in [0, 0.1) is 11.6 Å². The Morgan fingerprint density at radius 1 is 1.03 bits per heavy atom. The molecule has 0 saturated heterocycles. The van der Waals surface area contributed by atoms with Gasteiger partial charge in [0.2, 0.25) is 5.71 Å². The van der Waals surface area contributed by atoms with Crippen LogP contribution in [0.15, 0.2) is 53.2 Å². The van der Waals surface area contributed by atoms with Crippen molar-refractivity contribution in [3.8, 4) is 28.2 Å². The number of halogens is 2. The highest BCUT2D eigenvalue weighted by Gasteiger charge is 2.26. The van der Waals surface area contributed by atoms with Gasteiger partial charge >= 0.3 is 5.97 Å². The monoisotopic (exact) mass is 467 g/mol.